The lowest BCUT2D eigenvalue weighted by atomic mass is 9.96. The van der Waals surface area contributed by atoms with Gasteiger partial charge in [0, 0.05) is 47.3 Å². The minimum absolute atomic E-state index is 0.0532. The molecule has 0 radical (unpaired) electrons. The van der Waals surface area contributed by atoms with Gasteiger partial charge in [0.2, 0.25) is 5.91 Å². The molecule has 268 valence electrons. The van der Waals surface area contributed by atoms with Crippen LogP contribution in [-0.4, -0.2) is 66.3 Å². The molecule has 2 saturated heterocycles. The summed E-state index contributed by atoms with van der Waals surface area (Å²) in [6.45, 7) is 17.2. The van der Waals surface area contributed by atoms with Gasteiger partial charge in [0.25, 0.3) is 0 Å². The van der Waals surface area contributed by atoms with Gasteiger partial charge < -0.3 is 19.5 Å². The zero-order valence-electron chi connectivity index (χ0n) is 29.4. The van der Waals surface area contributed by atoms with Gasteiger partial charge in [-0.25, -0.2) is 23.3 Å². The maximum atomic E-state index is 12.8. The van der Waals surface area contributed by atoms with Crippen LogP contribution in [0.15, 0.2) is 48.5 Å². The SMILES string of the molecule is C1CCOC1.C[C@@H]1CCN(C(=O)OC(C)(C)C)C1=O.C[C@H](CCNC(=O)OC(C)(C)C)C(=O)c1ccc(F)cc1.Fc1ccc(I)cc1. The molecule has 2 aromatic carbocycles. The molecular weight excluding hydrogens is 737 g/mol. The molecule has 2 heterocycles. The Hall–Kier alpha value is -3.13. The van der Waals surface area contributed by atoms with Crippen LogP contribution in [0.2, 0.25) is 0 Å². The smallest absolute Gasteiger partial charge is 0.417 e. The van der Waals surface area contributed by atoms with Gasteiger partial charge in [0.05, 0.1) is 0 Å². The van der Waals surface area contributed by atoms with Crippen molar-refractivity contribution in [3.63, 3.8) is 0 Å². The summed E-state index contributed by atoms with van der Waals surface area (Å²) in [5, 5.41) is 2.61. The second-order valence-electron chi connectivity index (χ2n) is 13.4. The molecule has 9 nitrogen and oxygen atoms in total. The van der Waals surface area contributed by atoms with E-state index in [1.165, 1.54) is 54.1 Å². The van der Waals surface area contributed by atoms with E-state index in [1.807, 2.05) is 6.92 Å². The van der Waals surface area contributed by atoms with Gasteiger partial charge in [-0.3, -0.25) is 9.59 Å². The molecule has 2 aromatic rings. The van der Waals surface area contributed by atoms with E-state index in [1.54, 1.807) is 60.6 Å². The van der Waals surface area contributed by atoms with E-state index in [4.69, 9.17) is 14.2 Å². The van der Waals surface area contributed by atoms with Crippen LogP contribution >= 0.6 is 22.6 Å². The lowest BCUT2D eigenvalue weighted by molar-refractivity contribution is -0.129. The first kappa shape index (κ1) is 42.9. The third-order valence-corrected chi connectivity index (χ3v) is 7.26. The molecule has 2 fully saturated rings. The lowest BCUT2D eigenvalue weighted by Crippen LogP contribution is -2.38. The number of nitrogens with zero attached hydrogens (tertiary/aromatic N) is 1. The summed E-state index contributed by atoms with van der Waals surface area (Å²) in [5.74, 6) is -1.05. The van der Waals surface area contributed by atoms with Crippen molar-refractivity contribution < 1.29 is 42.2 Å². The number of hydrogen-bond acceptors (Lipinski definition) is 7. The highest BCUT2D eigenvalue weighted by atomic mass is 127. The molecule has 2 atom stereocenters. The molecule has 0 spiro atoms. The van der Waals surface area contributed by atoms with Gasteiger partial charge in [0.1, 0.15) is 22.8 Å². The Morgan fingerprint density at radius 2 is 1.42 bits per heavy atom. The van der Waals surface area contributed by atoms with Crippen molar-refractivity contribution in [2.24, 2.45) is 11.8 Å². The number of likely N-dealkylation sites (tertiary alicyclic amines) is 1. The van der Waals surface area contributed by atoms with Crippen molar-refractivity contribution in [1.29, 1.82) is 0 Å². The summed E-state index contributed by atoms with van der Waals surface area (Å²) in [5.41, 5.74) is -0.607. The topological polar surface area (TPSA) is 111 Å². The molecule has 0 aromatic heterocycles. The average Bonchev–Trinajstić information content (AvgIpc) is 3.68. The zero-order chi connectivity index (χ0) is 36.5. The van der Waals surface area contributed by atoms with Gasteiger partial charge >= 0.3 is 12.2 Å². The Kier molecular flexibility index (Phi) is 18.8. The van der Waals surface area contributed by atoms with Crippen LogP contribution in [0.1, 0.15) is 91.4 Å². The third-order valence-electron chi connectivity index (χ3n) is 6.54. The van der Waals surface area contributed by atoms with Crippen molar-refractivity contribution in [2.75, 3.05) is 26.3 Å². The van der Waals surface area contributed by atoms with E-state index in [-0.39, 0.29) is 35.2 Å². The molecule has 0 bridgehead atoms. The van der Waals surface area contributed by atoms with Crippen LogP contribution in [0, 0.1) is 27.0 Å². The third kappa shape index (κ3) is 19.0. The van der Waals surface area contributed by atoms with Gasteiger partial charge in [-0.2, -0.15) is 0 Å². The highest BCUT2D eigenvalue weighted by Crippen LogP contribution is 2.20. The van der Waals surface area contributed by atoms with Crippen LogP contribution in [0.4, 0.5) is 18.4 Å². The number of ether oxygens (including phenoxy) is 3. The van der Waals surface area contributed by atoms with Crippen LogP contribution < -0.4 is 5.32 Å². The predicted molar refractivity (Wildman–Crippen MR) is 190 cm³/mol. The monoisotopic (exact) mass is 788 g/mol. The van der Waals surface area contributed by atoms with E-state index < -0.39 is 23.4 Å². The van der Waals surface area contributed by atoms with Gasteiger partial charge in [-0.15, -0.1) is 0 Å². The fraction of sp³-hybridized carbons (Fsp3) is 0.556. The Bertz CT molecular complexity index is 1260. The maximum Gasteiger partial charge on any atom is 0.417 e. The summed E-state index contributed by atoms with van der Waals surface area (Å²) < 4.78 is 41.1. The summed E-state index contributed by atoms with van der Waals surface area (Å²) in [4.78, 5) is 47.7. The lowest BCUT2D eigenvalue weighted by Gasteiger charge is -2.23. The minimum atomic E-state index is -0.542. The molecule has 0 aliphatic carbocycles. The number of ketones is 1. The number of halogens is 3. The standard InChI is InChI=1S/C16H22FNO3.C10H17NO3.C6H4FI.C4H8O/c1-11(9-10-18-15(20)21-16(2,3)4)14(19)12-5-7-13(17)8-6-12;1-7-5-6-11(8(7)12)9(13)14-10(2,3)4;7-5-1-3-6(8)4-2-5;1-2-4-5-3-1/h5-8,11H,9-10H2,1-4H3,(H,18,20);7H,5-6H2,1-4H3;1-4H;1-4H2/t11-;7-;;/m11../s1. The Morgan fingerprint density at radius 1 is 0.917 bits per heavy atom. The van der Waals surface area contributed by atoms with Crippen molar-refractivity contribution in [2.45, 2.75) is 92.3 Å². The van der Waals surface area contributed by atoms with Crippen molar-refractivity contribution in [3.05, 3.63) is 69.3 Å². The largest absolute Gasteiger partial charge is 0.444 e. The van der Waals surface area contributed by atoms with E-state index in [9.17, 15) is 28.0 Å². The van der Waals surface area contributed by atoms with Crippen molar-refractivity contribution in [3.8, 4) is 0 Å². The number of carbonyl (C=O) groups excluding carboxylic acids is 4. The number of rotatable bonds is 5. The number of imide groups is 1. The molecule has 12 heteroatoms. The van der Waals surface area contributed by atoms with Crippen LogP contribution in [0.3, 0.4) is 0 Å². The van der Waals surface area contributed by atoms with Crippen LogP contribution in [0.5, 0.6) is 0 Å². The van der Waals surface area contributed by atoms with Crippen molar-refractivity contribution in [1.82, 2.24) is 10.2 Å². The van der Waals surface area contributed by atoms with Crippen LogP contribution in [0.25, 0.3) is 0 Å². The number of nitrogens with one attached hydrogen (secondary N) is 1. The maximum absolute atomic E-state index is 12.8. The molecule has 0 saturated carbocycles. The molecule has 4 rings (SSSR count). The number of amides is 3. The second-order valence-corrected chi connectivity index (χ2v) is 14.7. The van der Waals surface area contributed by atoms with Crippen molar-refractivity contribution >= 4 is 46.5 Å². The van der Waals surface area contributed by atoms with E-state index in [2.05, 4.69) is 27.9 Å². The molecule has 2 aliphatic rings. The molecule has 3 amide bonds. The molecular formula is C36H51F2IN2O7. The number of alkyl carbamates (subject to hydrolysis) is 1. The van der Waals surface area contributed by atoms with E-state index in [0.717, 1.165) is 23.2 Å². The van der Waals surface area contributed by atoms with Gasteiger partial charge in [0.15, 0.2) is 5.78 Å². The molecule has 2 aliphatic heterocycles. The minimum Gasteiger partial charge on any atom is -0.444 e. The fourth-order valence-corrected chi connectivity index (χ4v) is 4.35. The normalized spacial score (nSPS) is 16.2. The van der Waals surface area contributed by atoms with Gasteiger partial charge in [-0.1, -0.05) is 13.8 Å². The van der Waals surface area contributed by atoms with E-state index in [0.29, 0.717) is 25.1 Å². The fourth-order valence-electron chi connectivity index (χ4n) is 4.00. The summed E-state index contributed by atoms with van der Waals surface area (Å²) >= 11 is 2.13. The quantitative estimate of drug-likeness (QED) is 0.239. The predicted octanol–water partition coefficient (Wildman–Crippen LogP) is 8.58. The summed E-state index contributed by atoms with van der Waals surface area (Å²) in [6.07, 6.45) is 2.77. The molecule has 48 heavy (non-hydrogen) atoms. The first-order valence-electron chi connectivity index (χ1n) is 16.1. The Labute approximate surface area is 297 Å². The number of hydrogen-bond donors (Lipinski definition) is 1. The zero-order valence-corrected chi connectivity index (χ0v) is 31.5. The molecule has 1 N–H and O–H groups in total. The summed E-state index contributed by atoms with van der Waals surface area (Å²) in [6, 6.07) is 11.8. The van der Waals surface area contributed by atoms with Gasteiger partial charge in [-0.05, 0) is 138 Å². The summed E-state index contributed by atoms with van der Waals surface area (Å²) in [7, 11) is 0. The highest BCUT2D eigenvalue weighted by Gasteiger charge is 2.35. The first-order chi connectivity index (χ1) is 22.3. The van der Waals surface area contributed by atoms with E-state index >= 15 is 0 Å². The average molecular weight is 789 g/mol. The van der Waals surface area contributed by atoms with Crippen LogP contribution in [-0.2, 0) is 19.0 Å². The Balaban J connectivity index is 0.000000361. The molecule has 0 unspecified atom stereocenters. The second kappa shape index (κ2) is 21.1. The number of benzene rings is 2. The first-order valence-corrected chi connectivity index (χ1v) is 17.2. The highest BCUT2D eigenvalue weighted by molar-refractivity contribution is 14.1. The number of carbonyl (C=O) groups is 4. The number of Topliss-reactive ketones (excluding diaryl/α,β-unsaturated/α-hetero) is 1. The Morgan fingerprint density at radius 3 is 1.81 bits per heavy atom.